The number of hydrazone groups is 1. The van der Waals surface area contributed by atoms with Crippen molar-refractivity contribution in [3.05, 3.63) is 60.2 Å². The van der Waals surface area contributed by atoms with Crippen molar-refractivity contribution in [2.45, 2.75) is 130 Å². The normalized spacial score (nSPS) is 35.1. The van der Waals surface area contributed by atoms with Crippen LogP contribution in [0.25, 0.3) is 32.3 Å². The first kappa shape index (κ1) is 36.0. The number of fused-ring (bicyclic) bond motifs is 5. The van der Waals surface area contributed by atoms with Gasteiger partial charge in [0.1, 0.15) is 0 Å². The zero-order valence-electron chi connectivity index (χ0n) is 32.3. The quantitative estimate of drug-likeness (QED) is 0.0827. The van der Waals surface area contributed by atoms with Crippen molar-refractivity contribution >= 4 is 44.4 Å². The number of aryl methyl sites for hydroxylation is 1. The van der Waals surface area contributed by atoms with E-state index in [0.29, 0.717) is 42.4 Å². The van der Waals surface area contributed by atoms with E-state index < -0.39 is 11.7 Å². The van der Waals surface area contributed by atoms with Gasteiger partial charge in [0.2, 0.25) is 5.91 Å². The summed E-state index contributed by atoms with van der Waals surface area (Å²) in [5, 5.41) is 36.0. The average molecular weight is 703 g/mol. The van der Waals surface area contributed by atoms with Gasteiger partial charge >= 0.3 is 0 Å². The number of amides is 1. The summed E-state index contributed by atoms with van der Waals surface area (Å²) in [5.74, 6) is 3.20. The maximum absolute atomic E-state index is 13.3. The van der Waals surface area contributed by atoms with Crippen LogP contribution in [-0.2, 0) is 11.2 Å². The number of benzene rings is 4. The minimum Gasteiger partial charge on any atom is -0.393 e. The number of nitrogens with one attached hydrogen (secondary N) is 1. The lowest BCUT2D eigenvalue weighted by molar-refractivity contribution is -0.142. The summed E-state index contributed by atoms with van der Waals surface area (Å²) in [6, 6.07) is 19.8. The van der Waals surface area contributed by atoms with Gasteiger partial charge in [-0.2, -0.15) is 5.10 Å². The number of hydrogen-bond donors (Lipinski definition) is 3. The van der Waals surface area contributed by atoms with E-state index in [1.165, 1.54) is 76.4 Å². The first-order valence-corrected chi connectivity index (χ1v) is 20.8. The molecule has 4 aliphatic carbocycles. The van der Waals surface area contributed by atoms with Crippen molar-refractivity contribution in [2.75, 3.05) is 0 Å². The average Bonchev–Trinajstić information content (AvgIpc) is 3.56. The summed E-state index contributed by atoms with van der Waals surface area (Å²) in [7, 11) is 0. The van der Waals surface area contributed by atoms with E-state index in [1.54, 1.807) is 0 Å². The molecule has 1 unspecified atom stereocenters. The van der Waals surface area contributed by atoms with Gasteiger partial charge in [0, 0.05) is 30.4 Å². The zero-order chi connectivity index (χ0) is 36.4. The Labute approximate surface area is 311 Å². The summed E-state index contributed by atoms with van der Waals surface area (Å²) < 4.78 is 0. The molecule has 5 nitrogen and oxygen atoms in total. The molecule has 52 heavy (non-hydrogen) atoms. The Morgan fingerprint density at radius 3 is 2.38 bits per heavy atom. The van der Waals surface area contributed by atoms with Gasteiger partial charge in [0.25, 0.3) is 0 Å². The lowest BCUT2D eigenvalue weighted by Gasteiger charge is -2.52. The molecule has 0 saturated heterocycles. The zero-order valence-corrected chi connectivity index (χ0v) is 32.3. The van der Waals surface area contributed by atoms with Gasteiger partial charge in [0.05, 0.1) is 11.7 Å². The van der Waals surface area contributed by atoms with Gasteiger partial charge in [-0.1, -0.05) is 108 Å². The van der Waals surface area contributed by atoms with Crippen LogP contribution in [0.5, 0.6) is 0 Å². The predicted octanol–water partition coefficient (Wildman–Crippen LogP) is 10.4. The minimum atomic E-state index is -1.02. The van der Waals surface area contributed by atoms with Crippen LogP contribution in [0.2, 0.25) is 0 Å². The molecule has 278 valence electrons. The predicted molar refractivity (Wildman–Crippen MR) is 215 cm³/mol. The number of carbonyl (C=O) groups excluding carboxylic acids is 1. The molecule has 0 spiro atoms. The van der Waals surface area contributed by atoms with Gasteiger partial charge in [-0.05, 0) is 130 Å². The molecule has 4 aromatic carbocycles. The van der Waals surface area contributed by atoms with Gasteiger partial charge in [-0.15, -0.1) is 0 Å². The summed E-state index contributed by atoms with van der Waals surface area (Å²) in [6.45, 7) is 12.1. The molecule has 0 aliphatic heterocycles. The Hall–Kier alpha value is -3.02. The highest BCUT2D eigenvalue weighted by molar-refractivity contribution is 6.23. The molecule has 4 aromatic rings. The molecule has 0 aromatic heterocycles. The van der Waals surface area contributed by atoms with Crippen molar-refractivity contribution in [2.24, 2.45) is 57.4 Å². The lowest BCUT2D eigenvalue weighted by Crippen LogP contribution is -2.54. The first-order chi connectivity index (χ1) is 24.9. The second-order valence-electron chi connectivity index (χ2n) is 18.8. The van der Waals surface area contributed by atoms with Crippen LogP contribution < -0.4 is 5.43 Å². The summed E-state index contributed by atoms with van der Waals surface area (Å²) in [6.07, 6.45) is 14.2. The summed E-state index contributed by atoms with van der Waals surface area (Å²) in [5.41, 5.74) is 3.16. The molecule has 5 heteroatoms. The van der Waals surface area contributed by atoms with Crippen molar-refractivity contribution in [1.82, 2.24) is 5.43 Å². The Bertz CT molecular complexity index is 1940. The second-order valence-corrected chi connectivity index (χ2v) is 18.8. The van der Waals surface area contributed by atoms with Gasteiger partial charge in [-0.25, -0.2) is 5.43 Å². The maximum atomic E-state index is 13.3. The third-order valence-electron chi connectivity index (χ3n) is 15.7. The number of hydrogen-bond acceptors (Lipinski definition) is 4. The Morgan fingerprint density at radius 1 is 0.885 bits per heavy atom. The van der Waals surface area contributed by atoms with Crippen LogP contribution in [0, 0.1) is 52.3 Å². The molecule has 1 amide bonds. The van der Waals surface area contributed by atoms with Crippen LogP contribution >= 0.6 is 0 Å². The highest BCUT2D eigenvalue weighted by Gasteiger charge is 2.71. The largest absolute Gasteiger partial charge is 0.393 e. The number of carbonyl (C=O) groups is 1. The molecule has 0 bridgehead atoms. The number of aliphatic hydroxyl groups excluding tert-OH is 1. The van der Waals surface area contributed by atoms with E-state index in [2.05, 4.69) is 99.7 Å². The van der Waals surface area contributed by atoms with Crippen LogP contribution in [-0.4, -0.2) is 34.0 Å². The Morgan fingerprint density at radius 2 is 1.62 bits per heavy atom. The number of rotatable bonds is 11. The lowest BCUT2D eigenvalue weighted by atomic mass is 9.53. The molecule has 0 radical (unpaired) electrons. The monoisotopic (exact) mass is 702 g/mol. The van der Waals surface area contributed by atoms with E-state index >= 15 is 0 Å². The third-order valence-corrected chi connectivity index (χ3v) is 15.7. The van der Waals surface area contributed by atoms with E-state index in [9.17, 15) is 15.0 Å². The molecular weight excluding hydrogens is 641 g/mol. The topological polar surface area (TPSA) is 81.9 Å². The molecule has 4 fully saturated rings. The smallest absolute Gasteiger partial charge is 0.240 e. The van der Waals surface area contributed by atoms with Gasteiger partial charge < -0.3 is 10.2 Å². The highest BCUT2D eigenvalue weighted by atomic mass is 16.3. The molecule has 10 atom stereocenters. The van der Waals surface area contributed by atoms with Crippen LogP contribution in [0.1, 0.15) is 117 Å². The molecule has 4 aliphatic rings. The SMILES string of the molecule is CC(C)CCC[C@@H](C)[C@H]1CC[C@H]2[C@@H]3C(/C=N/NC(=O)CCCc4ccc5ccc6cccc7ccc4c5c67)[C@]4(O)C[C@@H](O)CC[C@]4(C)[C@H]3CC[C@]12C. The maximum Gasteiger partial charge on any atom is 0.240 e. The van der Waals surface area contributed by atoms with Crippen molar-refractivity contribution in [3.63, 3.8) is 0 Å². The van der Waals surface area contributed by atoms with Crippen molar-refractivity contribution in [1.29, 1.82) is 0 Å². The second kappa shape index (κ2) is 13.7. The van der Waals surface area contributed by atoms with E-state index in [-0.39, 0.29) is 22.7 Å². The Kier molecular flexibility index (Phi) is 9.47. The Balaban J connectivity index is 0.972. The van der Waals surface area contributed by atoms with Gasteiger partial charge in [-0.3, -0.25) is 4.79 Å². The summed E-state index contributed by atoms with van der Waals surface area (Å²) >= 11 is 0. The first-order valence-electron chi connectivity index (χ1n) is 20.8. The van der Waals surface area contributed by atoms with E-state index in [4.69, 9.17) is 0 Å². The van der Waals surface area contributed by atoms with E-state index in [1.807, 2.05) is 6.21 Å². The molecule has 3 N–H and O–H groups in total. The fraction of sp³-hybridized carbons (Fsp3) is 0.617. The molecule has 8 rings (SSSR count). The van der Waals surface area contributed by atoms with Crippen molar-refractivity contribution < 1.29 is 15.0 Å². The van der Waals surface area contributed by atoms with Crippen LogP contribution in [0.15, 0.2) is 59.7 Å². The van der Waals surface area contributed by atoms with Crippen LogP contribution in [0.4, 0.5) is 0 Å². The standard InChI is InChI=1S/C47H62N2O3/c1-29(2)9-6-10-30(3)37-21-22-38-44-39(24-25-45(37,38)4)46(5)26-23-35(50)27-47(46,52)40(44)28-48-49-41(51)14-8-11-31-15-16-34-18-17-32-12-7-13-33-19-20-36(31)43(34)42(32)33/h7,12-13,15-20,28-30,35,37-40,44,50,52H,6,8-11,14,21-27H2,1-5H3,(H,49,51)/b48-28+/t30-,35+,37-,38+,39+,40?,44+,45-,46-,47-/m1/s1. The highest BCUT2D eigenvalue weighted by Crippen LogP contribution is 2.73. The number of nitrogens with zero attached hydrogens (tertiary/aromatic N) is 1. The van der Waals surface area contributed by atoms with Crippen LogP contribution in [0.3, 0.4) is 0 Å². The van der Waals surface area contributed by atoms with E-state index in [0.717, 1.165) is 38.0 Å². The third kappa shape index (κ3) is 5.79. The van der Waals surface area contributed by atoms with Crippen molar-refractivity contribution in [3.8, 4) is 0 Å². The minimum absolute atomic E-state index is 0.0772. The molecular formula is C47H62N2O3. The molecule has 0 heterocycles. The fourth-order valence-corrected chi connectivity index (χ4v) is 13.1. The summed E-state index contributed by atoms with van der Waals surface area (Å²) in [4.78, 5) is 13.3. The fourth-order valence-electron chi connectivity index (χ4n) is 13.1. The van der Waals surface area contributed by atoms with Gasteiger partial charge in [0.15, 0.2) is 0 Å². The molecule has 4 saturated carbocycles. The number of aliphatic hydroxyl groups is 2.